The normalized spacial score (nSPS) is 16.6. The minimum absolute atomic E-state index is 0.0913. The van der Waals surface area contributed by atoms with E-state index in [1.165, 1.54) is 5.56 Å². The molecule has 3 N–H and O–H groups in total. The van der Waals surface area contributed by atoms with Gasteiger partial charge in [-0.25, -0.2) is 0 Å². The third-order valence-corrected chi connectivity index (χ3v) is 3.54. The van der Waals surface area contributed by atoms with Crippen LogP contribution < -0.4 is 11.1 Å². The molecule has 1 aromatic carbocycles. The van der Waals surface area contributed by atoms with Gasteiger partial charge in [-0.3, -0.25) is 4.79 Å². The van der Waals surface area contributed by atoms with E-state index in [2.05, 4.69) is 5.32 Å². The lowest BCUT2D eigenvalue weighted by molar-refractivity contribution is -0.120. The average Bonchev–Trinajstić information content (AvgIpc) is 3.10. The summed E-state index contributed by atoms with van der Waals surface area (Å²) in [6.45, 7) is 3.45. The van der Waals surface area contributed by atoms with Crippen LogP contribution in [0.15, 0.2) is 24.3 Å². The van der Waals surface area contributed by atoms with Crippen molar-refractivity contribution in [2.24, 2.45) is 11.1 Å². The van der Waals surface area contributed by atoms with Gasteiger partial charge in [-0.2, -0.15) is 0 Å². The Kier molecular flexibility index (Phi) is 3.48. The molecule has 1 saturated carbocycles. The van der Waals surface area contributed by atoms with E-state index in [0.29, 0.717) is 13.0 Å². The van der Waals surface area contributed by atoms with Crippen LogP contribution in [0.2, 0.25) is 0 Å². The Balaban J connectivity index is 1.79. The molecule has 0 unspecified atom stereocenters. The van der Waals surface area contributed by atoms with Crippen molar-refractivity contribution in [1.29, 1.82) is 0 Å². The summed E-state index contributed by atoms with van der Waals surface area (Å²) in [6.07, 6.45) is 2.75. The van der Waals surface area contributed by atoms with Crippen LogP contribution in [0.1, 0.15) is 24.0 Å². The largest absolute Gasteiger partial charge is 0.355 e. The molecule has 1 fully saturated rings. The first-order chi connectivity index (χ1) is 8.13. The monoisotopic (exact) mass is 232 g/mol. The van der Waals surface area contributed by atoms with E-state index in [0.717, 1.165) is 24.9 Å². The van der Waals surface area contributed by atoms with Crippen molar-refractivity contribution in [1.82, 2.24) is 5.32 Å². The number of benzene rings is 1. The van der Waals surface area contributed by atoms with Gasteiger partial charge in [0, 0.05) is 6.54 Å². The minimum Gasteiger partial charge on any atom is -0.355 e. The number of nitrogens with two attached hydrogens (primary N) is 1. The zero-order valence-electron chi connectivity index (χ0n) is 10.3. The van der Waals surface area contributed by atoms with Crippen LogP contribution in [0, 0.1) is 12.3 Å². The quantitative estimate of drug-likeness (QED) is 0.806. The molecule has 1 amide bonds. The molecule has 0 spiro atoms. The number of carbonyl (C=O) groups excluding carboxylic acids is 1. The highest BCUT2D eigenvalue weighted by molar-refractivity contribution is 5.78. The van der Waals surface area contributed by atoms with Gasteiger partial charge in [0.05, 0.1) is 6.42 Å². The Bertz CT molecular complexity index is 393. The number of hydrogen-bond donors (Lipinski definition) is 2. The summed E-state index contributed by atoms with van der Waals surface area (Å²) >= 11 is 0. The molecule has 0 bridgehead atoms. The zero-order chi connectivity index (χ0) is 12.3. The van der Waals surface area contributed by atoms with Gasteiger partial charge in [0.2, 0.25) is 5.91 Å². The second-order valence-electron chi connectivity index (χ2n) is 5.14. The summed E-state index contributed by atoms with van der Waals surface area (Å²) in [5.41, 5.74) is 8.16. The Morgan fingerprint density at radius 3 is 2.53 bits per heavy atom. The lowest BCUT2D eigenvalue weighted by Crippen LogP contribution is -2.34. The van der Waals surface area contributed by atoms with Gasteiger partial charge in [0.15, 0.2) is 0 Å². The first kappa shape index (κ1) is 12.1. The molecule has 0 saturated heterocycles. The van der Waals surface area contributed by atoms with E-state index in [1.807, 2.05) is 31.2 Å². The number of carbonyl (C=O) groups is 1. The lowest BCUT2D eigenvalue weighted by Gasteiger charge is -2.13. The summed E-state index contributed by atoms with van der Waals surface area (Å²) in [5, 5.41) is 2.98. The van der Waals surface area contributed by atoms with Gasteiger partial charge < -0.3 is 11.1 Å². The highest BCUT2D eigenvalue weighted by Gasteiger charge is 2.41. The van der Waals surface area contributed by atoms with Crippen LogP contribution in [0.25, 0.3) is 0 Å². The van der Waals surface area contributed by atoms with Crippen molar-refractivity contribution in [2.75, 3.05) is 13.1 Å². The highest BCUT2D eigenvalue weighted by Crippen LogP contribution is 2.43. The molecule has 1 aliphatic rings. The smallest absolute Gasteiger partial charge is 0.224 e. The molecular weight excluding hydrogens is 212 g/mol. The van der Waals surface area contributed by atoms with Gasteiger partial charge in [-0.05, 0) is 37.3 Å². The van der Waals surface area contributed by atoms with E-state index in [9.17, 15) is 4.79 Å². The van der Waals surface area contributed by atoms with Gasteiger partial charge in [-0.15, -0.1) is 0 Å². The SMILES string of the molecule is Cc1ccc(CC(=O)NCC2(CN)CC2)cc1. The van der Waals surface area contributed by atoms with Crippen molar-refractivity contribution in [3.8, 4) is 0 Å². The molecule has 1 aliphatic carbocycles. The summed E-state index contributed by atoms with van der Waals surface area (Å²) in [6, 6.07) is 8.07. The number of nitrogens with one attached hydrogen (secondary N) is 1. The first-order valence-electron chi connectivity index (χ1n) is 6.16. The lowest BCUT2D eigenvalue weighted by atomic mass is 10.1. The molecule has 0 atom stereocenters. The number of hydrogen-bond acceptors (Lipinski definition) is 2. The van der Waals surface area contributed by atoms with Crippen molar-refractivity contribution < 1.29 is 4.79 Å². The number of amides is 1. The third kappa shape index (κ3) is 3.30. The Labute approximate surface area is 102 Å². The zero-order valence-corrected chi connectivity index (χ0v) is 10.3. The molecule has 0 aliphatic heterocycles. The van der Waals surface area contributed by atoms with Crippen molar-refractivity contribution >= 4 is 5.91 Å². The molecular formula is C14H20N2O. The summed E-state index contributed by atoms with van der Waals surface area (Å²) in [4.78, 5) is 11.7. The topological polar surface area (TPSA) is 55.1 Å². The van der Waals surface area contributed by atoms with Crippen molar-refractivity contribution in [3.63, 3.8) is 0 Å². The van der Waals surface area contributed by atoms with Crippen molar-refractivity contribution in [2.45, 2.75) is 26.2 Å². The van der Waals surface area contributed by atoms with E-state index >= 15 is 0 Å². The van der Waals surface area contributed by atoms with Gasteiger partial charge in [-0.1, -0.05) is 29.8 Å². The second-order valence-corrected chi connectivity index (χ2v) is 5.14. The van der Waals surface area contributed by atoms with E-state index in [-0.39, 0.29) is 11.3 Å². The Morgan fingerprint density at radius 1 is 1.35 bits per heavy atom. The van der Waals surface area contributed by atoms with Gasteiger partial charge in [0.25, 0.3) is 0 Å². The highest BCUT2D eigenvalue weighted by atomic mass is 16.1. The second kappa shape index (κ2) is 4.88. The maximum atomic E-state index is 11.7. The van der Waals surface area contributed by atoms with Crippen LogP contribution in [0.4, 0.5) is 0 Å². The Morgan fingerprint density at radius 2 is 2.00 bits per heavy atom. The van der Waals surface area contributed by atoms with Gasteiger partial charge in [0.1, 0.15) is 0 Å². The van der Waals surface area contributed by atoms with E-state index in [4.69, 9.17) is 5.73 Å². The van der Waals surface area contributed by atoms with E-state index < -0.39 is 0 Å². The molecule has 92 valence electrons. The molecule has 3 heteroatoms. The molecule has 2 rings (SSSR count). The maximum absolute atomic E-state index is 11.7. The Hall–Kier alpha value is -1.35. The predicted molar refractivity (Wildman–Crippen MR) is 68.6 cm³/mol. The van der Waals surface area contributed by atoms with Crippen LogP contribution in [0.5, 0.6) is 0 Å². The first-order valence-corrected chi connectivity index (χ1v) is 6.16. The molecule has 0 heterocycles. The standard InChI is InChI=1S/C14H20N2O/c1-11-2-4-12(5-3-11)8-13(17)16-10-14(9-15)6-7-14/h2-5H,6-10,15H2,1H3,(H,16,17). The van der Waals surface area contributed by atoms with Gasteiger partial charge >= 0.3 is 0 Å². The number of rotatable bonds is 5. The molecule has 3 nitrogen and oxygen atoms in total. The van der Waals surface area contributed by atoms with E-state index in [1.54, 1.807) is 0 Å². The summed E-state index contributed by atoms with van der Waals surface area (Å²) in [5.74, 6) is 0.0913. The third-order valence-electron chi connectivity index (χ3n) is 3.54. The summed E-state index contributed by atoms with van der Waals surface area (Å²) in [7, 11) is 0. The molecule has 0 aromatic heterocycles. The van der Waals surface area contributed by atoms with Crippen LogP contribution in [-0.2, 0) is 11.2 Å². The fourth-order valence-corrected chi connectivity index (χ4v) is 1.87. The maximum Gasteiger partial charge on any atom is 0.224 e. The van der Waals surface area contributed by atoms with Crippen LogP contribution in [-0.4, -0.2) is 19.0 Å². The molecule has 17 heavy (non-hydrogen) atoms. The number of aryl methyl sites for hydroxylation is 1. The summed E-state index contributed by atoms with van der Waals surface area (Å²) < 4.78 is 0. The molecule has 1 aromatic rings. The van der Waals surface area contributed by atoms with Crippen LogP contribution in [0.3, 0.4) is 0 Å². The minimum atomic E-state index is 0.0913. The average molecular weight is 232 g/mol. The van der Waals surface area contributed by atoms with Crippen LogP contribution >= 0.6 is 0 Å². The fraction of sp³-hybridized carbons (Fsp3) is 0.500. The predicted octanol–water partition coefficient (Wildman–Crippen LogP) is 1.39. The molecule has 0 radical (unpaired) electrons. The van der Waals surface area contributed by atoms with Crippen molar-refractivity contribution in [3.05, 3.63) is 35.4 Å². The fourth-order valence-electron chi connectivity index (χ4n) is 1.87.